The maximum absolute atomic E-state index is 13.0. The Labute approximate surface area is 192 Å². The lowest BCUT2D eigenvalue weighted by Gasteiger charge is -2.28. The average molecular weight is 472 g/mol. The number of sulfonamides is 1. The third-order valence-corrected chi connectivity index (χ3v) is 7.33. The van der Waals surface area contributed by atoms with Crippen molar-refractivity contribution in [2.45, 2.75) is 17.9 Å². The molecule has 3 aromatic carbocycles. The molecule has 0 fully saturated rings. The molecule has 1 aliphatic heterocycles. The van der Waals surface area contributed by atoms with E-state index in [2.05, 4.69) is 10.6 Å². The lowest BCUT2D eigenvalue weighted by atomic mass is 10.0. The SMILES string of the molecule is COc1ccc(Cl)cc1NC(=O)Nc1ccc2c(c1)CN(S(=O)(=O)c1ccccc1)CC2. The largest absolute Gasteiger partial charge is 0.495 e. The Morgan fingerprint density at radius 3 is 2.53 bits per heavy atom. The summed E-state index contributed by atoms with van der Waals surface area (Å²) in [6.07, 6.45) is 0.605. The first-order chi connectivity index (χ1) is 15.4. The van der Waals surface area contributed by atoms with E-state index >= 15 is 0 Å². The van der Waals surface area contributed by atoms with Gasteiger partial charge >= 0.3 is 6.03 Å². The molecule has 32 heavy (non-hydrogen) atoms. The number of amides is 2. The summed E-state index contributed by atoms with van der Waals surface area (Å²) >= 11 is 6.01. The van der Waals surface area contributed by atoms with Gasteiger partial charge in [-0.2, -0.15) is 4.31 Å². The molecule has 0 atom stereocenters. The molecular formula is C23H22ClN3O4S. The third kappa shape index (κ3) is 4.72. The summed E-state index contributed by atoms with van der Waals surface area (Å²) in [4.78, 5) is 12.8. The number of nitrogens with zero attached hydrogens (tertiary/aromatic N) is 1. The number of carbonyl (C=O) groups is 1. The van der Waals surface area contributed by atoms with Gasteiger partial charge in [0, 0.05) is 23.8 Å². The topological polar surface area (TPSA) is 87.7 Å². The van der Waals surface area contributed by atoms with E-state index in [1.165, 1.54) is 11.4 Å². The van der Waals surface area contributed by atoms with Crippen LogP contribution >= 0.6 is 11.6 Å². The standard InChI is InChI=1S/C23H22ClN3O4S/c1-31-22-10-8-18(24)14-21(22)26-23(28)25-19-9-7-16-11-12-27(15-17(16)13-19)32(29,30)20-5-3-2-4-6-20/h2-10,13-14H,11-12,15H2,1H3,(H2,25,26,28). The van der Waals surface area contributed by atoms with Crippen LogP contribution in [0.25, 0.3) is 0 Å². The highest BCUT2D eigenvalue weighted by Gasteiger charge is 2.28. The van der Waals surface area contributed by atoms with Crippen LogP contribution in [0.4, 0.5) is 16.2 Å². The van der Waals surface area contributed by atoms with Crippen LogP contribution in [0.15, 0.2) is 71.6 Å². The molecule has 0 aromatic heterocycles. The van der Waals surface area contributed by atoms with Crippen LogP contribution in [0.2, 0.25) is 5.02 Å². The van der Waals surface area contributed by atoms with Gasteiger partial charge in [-0.25, -0.2) is 13.2 Å². The summed E-state index contributed by atoms with van der Waals surface area (Å²) in [6.45, 7) is 0.651. The van der Waals surface area contributed by atoms with Crippen LogP contribution < -0.4 is 15.4 Å². The Morgan fingerprint density at radius 2 is 1.78 bits per heavy atom. The van der Waals surface area contributed by atoms with E-state index in [0.29, 0.717) is 35.1 Å². The van der Waals surface area contributed by atoms with Crippen molar-refractivity contribution in [3.63, 3.8) is 0 Å². The molecule has 0 spiro atoms. The van der Waals surface area contributed by atoms with Crippen LogP contribution in [-0.4, -0.2) is 32.4 Å². The van der Waals surface area contributed by atoms with Crippen molar-refractivity contribution in [1.29, 1.82) is 0 Å². The number of urea groups is 1. The Morgan fingerprint density at radius 1 is 1.00 bits per heavy atom. The van der Waals surface area contributed by atoms with Gasteiger partial charge in [0.2, 0.25) is 10.0 Å². The highest BCUT2D eigenvalue weighted by atomic mass is 35.5. The number of carbonyl (C=O) groups excluding carboxylic acids is 1. The Kier molecular flexibility index (Phi) is 6.36. The third-order valence-electron chi connectivity index (χ3n) is 5.23. The monoisotopic (exact) mass is 471 g/mol. The second kappa shape index (κ2) is 9.20. The fourth-order valence-electron chi connectivity index (χ4n) is 3.62. The molecule has 166 valence electrons. The highest BCUT2D eigenvalue weighted by Crippen LogP contribution is 2.29. The summed E-state index contributed by atoms with van der Waals surface area (Å²) in [6, 6.07) is 18.4. The smallest absolute Gasteiger partial charge is 0.323 e. The minimum absolute atomic E-state index is 0.242. The number of benzene rings is 3. The zero-order valence-corrected chi connectivity index (χ0v) is 18.9. The summed E-state index contributed by atoms with van der Waals surface area (Å²) in [5, 5.41) is 5.97. The number of hydrogen-bond donors (Lipinski definition) is 2. The highest BCUT2D eigenvalue weighted by molar-refractivity contribution is 7.89. The molecule has 9 heteroatoms. The molecule has 7 nitrogen and oxygen atoms in total. The number of ether oxygens (including phenoxy) is 1. The van der Waals surface area contributed by atoms with Crippen molar-refractivity contribution in [3.05, 3.63) is 82.9 Å². The van der Waals surface area contributed by atoms with Crippen molar-refractivity contribution >= 4 is 39.0 Å². The van der Waals surface area contributed by atoms with Crippen molar-refractivity contribution in [1.82, 2.24) is 4.31 Å². The number of rotatable bonds is 5. The van der Waals surface area contributed by atoms with Crippen LogP contribution in [0.5, 0.6) is 5.75 Å². The van der Waals surface area contributed by atoms with E-state index in [0.717, 1.165) is 11.1 Å². The molecule has 0 radical (unpaired) electrons. The molecule has 2 N–H and O–H groups in total. The van der Waals surface area contributed by atoms with Crippen LogP contribution in [0, 0.1) is 0 Å². The Bertz CT molecular complexity index is 1250. The number of hydrogen-bond acceptors (Lipinski definition) is 4. The minimum Gasteiger partial charge on any atom is -0.495 e. The molecular weight excluding hydrogens is 450 g/mol. The first-order valence-corrected chi connectivity index (χ1v) is 11.8. The van der Waals surface area contributed by atoms with E-state index in [4.69, 9.17) is 16.3 Å². The van der Waals surface area contributed by atoms with Gasteiger partial charge in [-0.15, -0.1) is 0 Å². The van der Waals surface area contributed by atoms with Gasteiger partial charge in [0.25, 0.3) is 0 Å². The molecule has 4 rings (SSSR count). The summed E-state index contributed by atoms with van der Waals surface area (Å²) in [7, 11) is -2.08. The van der Waals surface area contributed by atoms with E-state index < -0.39 is 16.1 Å². The molecule has 0 saturated heterocycles. The fourth-order valence-corrected chi connectivity index (χ4v) is 5.23. The number of fused-ring (bicyclic) bond motifs is 1. The quantitative estimate of drug-likeness (QED) is 0.562. The number of halogens is 1. The molecule has 0 aliphatic carbocycles. The van der Waals surface area contributed by atoms with Crippen LogP contribution in [-0.2, 0) is 23.0 Å². The second-order valence-electron chi connectivity index (χ2n) is 7.31. The van der Waals surface area contributed by atoms with Gasteiger partial charge in [0.05, 0.1) is 17.7 Å². The van der Waals surface area contributed by atoms with Gasteiger partial charge in [-0.3, -0.25) is 0 Å². The fraction of sp³-hybridized carbons (Fsp3) is 0.174. The van der Waals surface area contributed by atoms with Crippen LogP contribution in [0.1, 0.15) is 11.1 Å². The van der Waals surface area contributed by atoms with Gasteiger partial charge in [-0.05, 0) is 60.0 Å². The number of methoxy groups -OCH3 is 1. The van der Waals surface area contributed by atoms with Crippen molar-refractivity contribution in [3.8, 4) is 5.75 Å². The molecule has 0 unspecified atom stereocenters. The zero-order valence-electron chi connectivity index (χ0n) is 17.3. The van der Waals surface area contributed by atoms with Crippen molar-refractivity contribution < 1.29 is 17.9 Å². The number of nitrogens with one attached hydrogen (secondary N) is 2. The van der Waals surface area contributed by atoms with Crippen molar-refractivity contribution in [2.75, 3.05) is 24.3 Å². The summed E-state index contributed by atoms with van der Waals surface area (Å²) in [5.41, 5.74) is 2.91. The Hall–Kier alpha value is -3.07. The predicted octanol–water partition coefficient (Wildman–Crippen LogP) is 4.74. The maximum Gasteiger partial charge on any atom is 0.323 e. The van der Waals surface area contributed by atoms with Crippen molar-refractivity contribution in [2.24, 2.45) is 0 Å². The molecule has 1 heterocycles. The van der Waals surface area contributed by atoms with E-state index in [1.807, 2.05) is 6.07 Å². The van der Waals surface area contributed by atoms with E-state index in [9.17, 15) is 13.2 Å². The molecule has 3 aromatic rings. The molecule has 0 saturated carbocycles. The van der Waals surface area contributed by atoms with Gasteiger partial charge < -0.3 is 15.4 Å². The normalized spacial score (nSPS) is 13.8. The van der Waals surface area contributed by atoms with Gasteiger partial charge in [0.15, 0.2) is 0 Å². The molecule has 1 aliphatic rings. The number of anilines is 2. The first kappa shape index (κ1) is 22.1. The second-order valence-corrected chi connectivity index (χ2v) is 9.68. The lowest BCUT2D eigenvalue weighted by Crippen LogP contribution is -2.36. The first-order valence-electron chi connectivity index (χ1n) is 9.95. The lowest BCUT2D eigenvalue weighted by molar-refractivity contribution is 0.262. The maximum atomic E-state index is 13.0. The average Bonchev–Trinajstić information content (AvgIpc) is 2.79. The predicted molar refractivity (Wildman–Crippen MR) is 125 cm³/mol. The van der Waals surface area contributed by atoms with Gasteiger partial charge in [0.1, 0.15) is 5.75 Å². The summed E-state index contributed by atoms with van der Waals surface area (Å²) < 4.78 is 32.7. The van der Waals surface area contributed by atoms with E-state index in [1.54, 1.807) is 60.7 Å². The minimum atomic E-state index is -3.59. The Balaban J connectivity index is 1.49. The van der Waals surface area contributed by atoms with Gasteiger partial charge in [-0.1, -0.05) is 35.9 Å². The van der Waals surface area contributed by atoms with E-state index in [-0.39, 0.29) is 11.4 Å². The molecule has 0 bridgehead atoms. The molecule has 2 amide bonds. The van der Waals surface area contributed by atoms with Crippen LogP contribution in [0.3, 0.4) is 0 Å². The zero-order chi connectivity index (χ0) is 22.7. The summed E-state index contributed by atoms with van der Waals surface area (Å²) in [5.74, 6) is 0.483.